The van der Waals surface area contributed by atoms with Crippen molar-refractivity contribution in [1.29, 1.82) is 0 Å². The normalized spacial score (nSPS) is 10.6. The number of anilines is 2. The van der Waals surface area contributed by atoms with Crippen LogP contribution < -0.4 is 10.6 Å². The van der Waals surface area contributed by atoms with Crippen molar-refractivity contribution in [2.45, 2.75) is 33.1 Å². The second-order valence-electron chi connectivity index (χ2n) is 4.17. The lowest BCUT2D eigenvalue weighted by Gasteiger charge is -2.17. The number of hydrogen-bond acceptors (Lipinski definition) is 5. The lowest BCUT2D eigenvalue weighted by molar-refractivity contribution is 0.292. The molecular weight excluding hydrogens is 216 g/mol. The van der Waals surface area contributed by atoms with E-state index < -0.39 is 0 Å². The number of aliphatic hydroxyl groups excluding tert-OH is 1. The van der Waals surface area contributed by atoms with Crippen molar-refractivity contribution in [2.24, 2.45) is 0 Å². The van der Waals surface area contributed by atoms with Crippen LogP contribution in [0.1, 0.15) is 38.7 Å². The Hall–Kier alpha value is -1.36. The molecule has 1 heterocycles. The second-order valence-corrected chi connectivity index (χ2v) is 4.17. The minimum atomic E-state index is 0.190. The SMILES string of the molecule is CCNc1ncnc(NCCCO)c1C(C)C. The monoisotopic (exact) mass is 238 g/mol. The highest BCUT2D eigenvalue weighted by Crippen LogP contribution is 2.27. The predicted molar refractivity (Wildman–Crippen MR) is 70.5 cm³/mol. The van der Waals surface area contributed by atoms with Crippen LogP contribution in [0.5, 0.6) is 0 Å². The van der Waals surface area contributed by atoms with Crippen molar-refractivity contribution in [3.05, 3.63) is 11.9 Å². The van der Waals surface area contributed by atoms with E-state index in [4.69, 9.17) is 5.11 Å². The molecule has 1 aromatic rings. The van der Waals surface area contributed by atoms with E-state index in [9.17, 15) is 0 Å². The fourth-order valence-corrected chi connectivity index (χ4v) is 1.68. The van der Waals surface area contributed by atoms with Crippen molar-refractivity contribution >= 4 is 11.6 Å². The molecule has 0 saturated heterocycles. The number of nitrogens with one attached hydrogen (secondary N) is 2. The summed E-state index contributed by atoms with van der Waals surface area (Å²) in [7, 11) is 0. The average molecular weight is 238 g/mol. The summed E-state index contributed by atoms with van der Waals surface area (Å²) in [5.41, 5.74) is 1.10. The van der Waals surface area contributed by atoms with Gasteiger partial charge in [-0.2, -0.15) is 0 Å². The Bertz CT molecular complexity index is 341. The van der Waals surface area contributed by atoms with Crippen LogP contribution in [-0.4, -0.2) is 34.8 Å². The minimum absolute atomic E-state index is 0.190. The molecular formula is C12H22N4O. The zero-order valence-electron chi connectivity index (χ0n) is 10.8. The first-order valence-corrected chi connectivity index (χ1v) is 6.14. The maximum atomic E-state index is 8.78. The van der Waals surface area contributed by atoms with Crippen LogP contribution >= 0.6 is 0 Å². The van der Waals surface area contributed by atoms with E-state index in [1.807, 2.05) is 6.92 Å². The van der Waals surface area contributed by atoms with Gasteiger partial charge in [0.25, 0.3) is 0 Å². The highest BCUT2D eigenvalue weighted by Gasteiger charge is 2.13. The fourth-order valence-electron chi connectivity index (χ4n) is 1.68. The second kappa shape index (κ2) is 7.06. The quantitative estimate of drug-likeness (QED) is 0.632. The smallest absolute Gasteiger partial charge is 0.134 e. The number of aromatic nitrogens is 2. The van der Waals surface area contributed by atoms with Gasteiger partial charge in [-0.05, 0) is 19.3 Å². The Morgan fingerprint density at radius 2 is 1.88 bits per heavy atom. The molecule has 0 bridgehead atoms. The molecule has 5 nitrogen and oxygen atoms in total. The van der Waals surface area contributed by atoms with Crippen LogP contribution in [0.2, 0.25) is 0 Å². The van der Waals surface area contributed by atoms with Gasteiger partial charge in [-0.15, -0.1) is 0 Å². The molecule has 5 heteroatoms. The van der Waals surface area contributed by atoms with E-state index in [-0.39, 0.29) is 6.61 Å². The Balaban J connectivity index is 2.90. The van der Waals surface area contributed by atoms with Crippen LogP contribution in [-0.2, 0) is 0 Å². The van der Waals surface area contributed by atoms with Gasteiger partial charge in [0.1, 0.15) is 18.0 Å². The third-order valence-electron chi connectivity index (χ3n) is 2.43. The van der Waals surface area contributed by atoms with Gasteiger partial charge < -0.3 is 15.7 Å². The third kappa shape index (κ3) is 3.85. The van der Waals surface area contributed by atoms with Gasteiger partial charge in [-0.3, -0.25) is 0 Å². The molecule has 0 radical (unpaired) electrons. The Kier molecular flexibility index (Phi) is 5.69. The zero-order valence-corrected chi connectivity index (χ0v) is 10.8. The summed E-state index contributed by atoms with van der Waals surface area (Å²) in [5.74, 6) is 2.10. The van der Waals surface area contributed by atoms with Gasteiger partial charge in [-0.1, -0.05) is 13.8 Å². The van der Waals surface area contributed by atoms with Crippen LogP contribution in [0.25, 0.3) is 0 Å². The molecule has 0 aliphatic carbocycles. The summed E-state index contributed by atoms with van der Waals surface area (Å²) in [6.45, 7) is 8.04. The van der Waals surface area contributed by atoms with E-state index in [1.54, 1.807) is 6.33 Å². The fraction of sp³-hybridized carbons (Fsp3) is 0.667. The lowest BCUT2D eigenvalue weighted by atomic mass is 10.0. The highest BCUT2D eigenvalue weighted by molar-refractivity contribution is 5.58. The number of hydrogen-bond donors (Lipinski definition) is 3. The standard InChI is InChI=1S/C12H22N4O/c1-4-13-11-10(9(2)3)12(16-8-15-11)14-6-5-7-17/h8-9,17H,4-7H2,1-3H3,(H2,13,14,15,16). The molecule has 3 N–H and O–H groups in total. The summed E-state index contributed by atoms with van der Waals surface area (Å²) in [6.07, 6.45) is 2.28. The van der Waals surface area contributed by atoms with Crippen molar-refractivity contribution in [2.75, 3.05) is 30.3 Å². The summed E-state index contributed by atoms with van der Waals surface area (Å²) < 4.78 is 0. The van der Waals surface area contributed by atoms with E-state index in [2.05, 4.69) is 34.4 Å². The van der Waals surface area contributed by atoms with E-state index in [0.29, 0.717) is 5.92 Å². The number of rotatable bonds is 7. The Labute approximate surface area is 103 Å². The molecule has 0 aliphatic rings. The van der Waals surface area contributed by atoms with Gasteiger partial charge in [0.05, 0.1) is 0 Å². The zero-order chi connectivity index (χ0) is 12.7. The molecule has 0 spiro atoms. The lowest BCUT2D eigenvalue weighted by Crippen LogP contribution is -2.12. The number of aliphatic hydroxyl groups is 1. The first-order chi connectivity index (χ1) is 8.20. The van der Waals surface area contributed by atoms with E-state index in [1.165, 1.54) is 0 Å². The molecule has 0 fully saturated rings. The van der Waals surface area contributed by atoms with Crippen molar-refractivity contribution < 1.29 is 5.11 Å². The Morgan fingerprint density at radius 3 is 2.41 bits per heavy atom. The maximum absolute atomic E-state index is 8.78. The molecule has 0 aliphatic heterocycles. The first-order valence-electron chi connectivity index (χ1n) is 6.14. The molecule has 0 saturated carbocycles. The van der Waals surface area contributed by atoms with Crippen molar-refractivity contribution in [1.82, 2.24) is 9.97 Å². The Morgan fingerprint density at radius 1 is 1.24 bits per heavy atom. The molecule has 0 amide bonds. The van der Waals surface area contributed by atoms with Crippen molar-refractivity contribution in [3.8, 4) is 0 Å². The maximum Gasteiger partial charge on any atom is 0.134 e. The van der Waals surface area contributed by atoms with Crippen molar-refractivity contribution in [3.63, 3.8) is 0 Å². The van der Waals surface area contributed by atoms with Gasteiger partial charge in [0.15, 0.2) is 0 Å². The predicted octanol–water partition coefficient (Wildman–Crippen LogP) is 1.83. The van der Waals surface area contributed by atoms with E-state index in [0.717, 1.165) is 36.7 Å². The average Bonchev–Trinajstić information content (AvgIpc) is 2.29. The summed E-state index contributed by atoms with van der Waals surface area (Å²) in [6, 6.07) is 0. The highest BCUT2D eigenvalue weighted by atomic mass is 16.3. The topological polar surface area (TPSA) is 70.1 Å². The summed E-state index contributed by atoms with van der Waals surface area (Å²) >= 11 is 0. The van der Waals surface area contributed by atoms with Gasteiger partial charge >= 0.3 is 0 Å². The summed E-state index contributed by atoms with van der Waals surface area (Å²) in [5, 5.41) is 15.3. The van der Waals surface area contributed by atoms with Gasteiger partial charge in [-0.25, -0.2) is 9.97 Å². The molecule has 0 unspecified atom stereocenters. The molecule has 96 valence electrons. The third-order valence-corrected chi connectivity index (χ3v) is 2.43. The molecule has 1 rings (SSSR count). The first kappa shape index (κ1) is 13.7. The molecule has 1 aromatic heterocycles. The van der Waals surface area contributed by atoms with Crippen LogP contribution in [0.4, 0.5) is 11.6 Å². The minimum Gasteiger partial charge on any atom is -0.396 e. The van der Waals surface area contributed by atoms with Crippen LogP contribution in [0, 0.1) is 0 Å². The molecule has 0 aromatic carbocycles. The summed E-state index contributed by atoms with van der Waals surface area (Å²) in [4.78, 5) is 8.54. The van der Waals surface area contributed by atoms with Crippen LogP contribution in [0.15, 0.2) is 6.33 Å². The number of nitrogens with zero attached hydrogens (tertiary/aromatic N) is 2. The molecule has 17 heavy (non-hydrogen) atoms. The van der Waals surface area contributed by atoms with Crippen LogP contribution in [0.3, 0.4) is 0 Å². The van der Waals surface area contributed by atoms with Gasteiger partial charge in [0, 0.05) is 25.3 Å². The molecule has 0 atom stereocenters. The largest absolute Gasteiger partial charge is 0.396 e. The van der Waals surface area contributed by atoms with Gasteiger partial charge in [0.2, 0.25) is 0 Å². The van der Waals surface area contributed by atoms with E-state index >= 15 is 0 Å².